The lowest BCUT2D eigenvalue weighted by atomic mass is 10.1. The highest BCUT2D eigenvalue weighted by atomic mass is 32.2. The Morgan fingerprint density at radius 3 is 2.17 bits per heavy atom. The molecule has 9 nitrogen and oxygen atoms in total. The van der Waals surface area contributed by atoms with Gasteiger partial charge in [-0.3, -0.25) is 19.7 Å². The number of thioether (sulfide) groups is 1. The number of nitrogens with zero attached hydrogens (tertiary/aromatic N) is 2. The van der Waals surface area contributed by atoms with Crippen LogP contribution >= 0.6 is 23.1 Å². The SMILES string of the molecule is Cc1nnc(NC(=O)C(C)Sc2ccc(NC(=O)/C(=C/c3ccc(OCc4ccccc4)cc3)NC(=O)c3ccccc3)cc2)s1. The molecule has 1 unspecified atom stereocenters. The zero-order chi connectivity index (χ0) is 32.3. The van der Waals surface area contributed by atoms with Crippen LogP contribution < -0.4 is 20.7 Å². The quantitative estimate of drug-likeness (QED) is 0.0987. The molecule has 11 heteroatoms. The topological polar surface area (TPSA) is 122 Å². The Morgan fingerprint density at radius 1 is 0.848 bits per heavy atom. The fraction of sp³-hybridized carbons (Fsp3) is 0.114. The number of carbonyl (C=O) groups excluding carboxylic acids is 3. The molecule has 0 bridgehead atoms. The Balaban J connectivity index is 1.25. The van der Waals surface area contributed by atoms with Crippen LogP contribution in [0.2, 0.25) is 0 Å². The van der Waals surface area contributed by atoms with Crippen LogP contribution in [0.25, 0.3) is 6.08 Å². The molecule has 3 N–H and O–H groups in total. The summed E-state index contributed by atoms with van der Waals surface area (Å²) in [5.74, 6) is -0.402. The Labute approximate surface area is 275 Å². The summed E-state index contributed by atoms with van der Waals surface area (Å²) in [5, 5.41) is 17.1. The van der Waals surface area contributed by atoms with Gasteiger partial charge in [0.25, 0.3) is 11.8 Å². The summed E-state index contributed by atoms with van der Waals surface area (Å²) in [6.45, 7) is 4.06. The van der Waals surface area contributed by atoms with Crippen molar-refractivity contribution in [3.05, 3.63) is 137 Å². The minimum absolute atomic E-state index is 0.0717. The molecule has 5 aromatic rings. The molecular formula is C35H31N5O4S2. The summed E-state index contributed by atoms with van der Waals surface area (Å²) < 4.78 is 5.88. The smallest absolute Gasteiger partial charge is 0.272 e. The van der Waals surface area contributed by atoms with E-state index in [0.717, 1.165) is 15.5 Å². The molecule has 1 aromatic heterocycles. The Bertz CT molecular complexity index is 1810. The van der Waals surface area contributed by atoms with E-state index in [1.165, 1.54) is 23.1 Å². The summed E-state index contributed by atoms with van der Waals surface area (Å²) in [6.07, 6.45) is 1.61. The van der Waals surface area contributed by atoms with Crippen molar-refractivity contribution in [3.63, 3.8) is 0 Å². The third-order valence-corrected chi connectivity index (χ3v) is 8.38. The molecule has 0 spiro atoms. The van der Waals surface area contributed by atoms with Gasteiger partial charge in [0.2, 0.25) is 11.0 Å². The molecule has 0 saturated carbocycles. The molecule has 0 radical (unpaired) electrons. The number of amides is 3. The van der Waals surface area contributed by atoms with Gasteiger partial charge in [0, 0.05) is 16.1 Å². The summed E-state index contributed by atoms with van der Waals surface area (Å²) in [5.41, 5.74) is 2.78. The maximum atomic E-state index is 13.5. The summed E-state index contributed by atoms with van der Waals surface area (Å²) >= 11 is 2.69. The highest BCUT2D eigenvalue weighted by molar-refractivity contribution is 8.00. The van der Waals surface area contributed by atoms with Gasteiger partial charge < -0.3 is 15.4 Å². The number of aryl methyl sites for hydroxylation is 1. The van der Waals surface area contributed by atoms with Crippen LogP contribution in [-0.4, -0.2) is 33.2 Å². The van der Waals surface area contributed by atoms with Crippen molar-refractivity contribution in [3.8, 4) is 5.75 Å². The van der Waals surface area contributed by atoms with Crippen molar-refractivity contribution in [2.45, 2.75) is 30.6 Å². The second-order valence-electron chi connectivity index (χ2n) is 10.1. The monoisotopic (exact) mass is 649 g/mol. The van der Waals surface area contributed by atoms with Crippen molar-refractivity contribution in [2.24, 2.45) is 0 Å². The van der Waals surface area contributed by atoms with Crippen molar-refractivity contribution >= 4 is 57.7 Å². The van der Waals surface area contributed by atoms with E-state index in [-0.39, 0.29) is 16.9 Å². The summed E-state index contributed by atoms with van der Waals surface area (Å²) in [7, 11) is 0. The Hall–Kier alpha value is -5.26. The van der Waals surface area contributed by atoms with Crippen LogP contribution in [0.3, 0.4) is 0 Å². The van der Waals surface area contributed by atoms with Crippen molar-refractivity contribution < 1.29 is 19.1 Å². The number of benzene rings is 4. The molecule has 3 amide bonds. The zero-order valence-electron chi connectivity index (χ0n) is 25.1. The molecule has 0 aliphatic carbocycles. The average molecular weight is 650 g/mol. The molecule has 0 fully saturated rings. The van der Waals surface area contributed by atoms with Gasteiger partial charge in [-0.25, -0.2) is 0 Å². The Kier molecular flexibility index (Phi) is 10.9. The van der Waals surface area contributed by atoms with Crippen LogP contribution in [0, 0.1) is 6.92 Å². The van der Waals surface area contributed by atoms with Gasteiger partial charge in [-0.2, -0.15) is 0 Å². The van der Waals surface area contributed by atoms with E-state index in [0.29, 0.717) is 34.3 Å². The van der Waals surface area contributed by atoms with E-state index in [1.807, 2.05) is 79.7 Å². The van der Waals surface area contributed by atoms with Gasteiger partial charge in [0.05, 0.1) is 5.25 Å². The first-order valence-electron chi connectivity index (χ1n) is 14.4. The van der Waals surface area contributed by atoms with Gasteiger partial charge in [-0.15, -0.1) is 22.0 Å². The van der Waals surface area contributed by atoms with Crippen LogP contribution in [0.1, 0.15) is 33.4 Å². The third-order valence-electron chi connectivity index (χ3n) is 6.52. The molecule has 5 rings (SSSR count). The summed E-state index contributed by atoms with van der Waals surface area (Å²) in [4.78, 5) is 39.9. The standard InChI is InChI=1S/C35H31N5O4S2/c1-23(32(41)38-35-40-39-24(2)46-35)45-30-19-15-28(16-20-30)36-34(43)31(37-33(42)27-11-7-4-8-12-27)21-25-13-17-29(18-14-25)44-22-26-9-5-3-6-10-26/h3-21,23H,22H2,1-2H3,(H,36,43)(H,37,42)(H,38,40,41)/b31-21-. The first-order chi connectivity index (χ1) is 22.3. The van der Waals surface area contributed by atoms with E-state index in [9.17, 15) is 14.4 Å². The second kappa shape index (κ2) is 15.6. The molecule has 0 saturated heterocycles. The van der Waals surface area contributed by atoms with Crippen LogP contribution in [0.4, 0.5) is 10.8 Å². The maximum absolute atomic E-state index is 13.5. The Morgan fingerprint density at radius 2 is 1.52 bits per heavy atom. The number of hydrogen-bond donors (Lipinski definition) is 3. The third kappa shape index (κ3) is 9.37. The molecule has 0 aliphatic heterocycles. The first kappa shape index (κ1) is 32.1. The van der Waals surface area contributed by atoms with Gasteiger partial charge in [-0.05, 0) is 79.6 Å². The lowest BCUT2D eigenvalue weighted by molar-refractivity contribution is -0.115. The summed E-state index contributed by atoms with van der Waals surface area (Å²) in [6, 6.07) is 32.9. The van der Waals surface area contributed by atoms with Gasteiger partial charge in [0.1, 0.15) is 23.1 Å². The van der Waals surface area contributed by atoms with E-state index < -0.39 is 11.8 Å². The number of ether oxygens (including phenoxy) is 1. The molecule has 1 atom stereocenters. The fourth-order valence-electron chi connectivity index (χ4n) is 4.14. The molecule has 46 heavy (non-hydrogen) atoms. The van der Waals surface area contributed by atoms with Crippen molar-refractivity contribution in [1.82, 2.24) is 15.5 Å². The maximum Gasteiger partial charge on any atom is 0.272 e. The predicted molar refractivity (Wildman–Crippen MR) is 183 cm³/mol. The predicted octanol–water partition coefficient (Wildman–Crippen LogP) is 6.95. The lowest BCUT2D eigenvalue weighted by Gasteiger charge is -2.13. The number of carbonyl (C=O) groups is 3. The normalized spacial score (nSPS) is 11.7. The average Bonchev–Trinajstić information content (AvgIpc) is 3.49. The molecule has 0 aliphatic rings. The van der Waals surface area contributed by atoms with E-state index in [4.69, 9.17) is 4.74 Å². The number of aromatic nitrogens is 2. The van der Waals surface area contributed by atoms with Gasteiger partial charge in [0.15, 0.2) is 0 Å². The van der Waals surface area contributed by atoms with Gasteiger partial charge >= 0.3 is 0 Å². The molecular weight excluding hydrogens is 619 g/mol. The van der Waals surface area contributed by atoms with E-state index in [1.54, 1.807) is 49.4 Å². The lowest BCUT2D eigenvalue weighted by Crippen LogP contribution is -2.30. The molecule has 4 aromatic carbocycles. The van der Waals surface area contributed by atoms with Crippen molar-refractivity contribution in [1.29, 1.82) is 0 Å². The zero-order valence-corrected chi connectivity index (χ0v) is 26.7. The number of rotatable bonds is 12. The highest BCUT2D eigenvalue weighted by Crippen LogP contribution is 2.26. The van der Waals surface area contributed by atoms with E-state index in [2.05, 4.69) is 26.1 Å². The van der Waals surface area contributed by atoms with Crippen LogP contribution in [-0.2, 0) is 16.2 Å². The van der Waals surface area contributed by atoms with Crippen LogP contribution in [0.5, 0.6) is 5.75 Å². The number of nitrogens with one attached hydrogen (secondary N) is 3. The largest absolute Gasteiger partial charge is 0.489 e. The van der Waals surface area contributed by atoms with Crippen molar-refractivity contribution in [2.75, 3.05) is 10.6 Å². The van der Waals surface area contributed by atoms with Gasteiger partial charge in [-0.1, -0.05) is 72.0 Å². The minimum atomic E-state index is -0.491. The molecule has 1 heterocycles. The fourth-order valence-corrected chi connectivity index (χ4v) is 5.60. The first-order valence-corrected chi connectivity index (χ1v) is 16.1. The number of anilines is 2. The molecule has 232 valence electrons. The minimum Gasteiger partial charge on any atom is -0.489 e. The van der Waals surface area contributed by atoms with E-state index >= 15 is 0 Å². The second-order valence-corrected chi connectivity index (χ2v) is 12.7. The highest BCUT2D eigenvalue weighted by Gasteiger charge is 2.18. The number of hydrogen-bond acceptors (Lipinski definition) is 8. The van der Waals surface area contributed by atoms with Crippen LogP contribution in [0.15, 0.2) is 120 Å².